The summed E-state index contributed by atoms with van der Waals surface area (Å²) in [5.74, 6) is 0.870. The summed E-state index contributed by atoms with van der Waals surface area (Å²) in [5, 5.41) is 9.76. The second-order valence-electron chi connectivity index (χ2n) is 8.66. The van der Waals surface area contributed by atoms with Gasteiger partial charge in [0.2, 0.25) is 0 Å². The molecule has 2 aromatic heterocycles. The van der Waals surface area contributed by atoms with Gasteiger partial charge in [0.15, 0.2) is 0 Å². The summed E-state index contributed by atoms with van der Waals surface area (Å²) in [7, 11) is 0. The van der Waals surface area contributed by atoms with Crippen LogP contribution in [-0.4, -0.2) is 20.8 Å². The molecule has 0 saturated carbocycles. The number of rotatable bonds is 6. The van der Waals surface area contributed by atoms with Gasteiger partial charge in [-0.2, -0.15) is 5.10 Å². The monoisotopic (exact) mass is 462 g/mol. The highest BCUT2D eigenvalue weighted by Crippen LogP contribution is 2.43. The summed E-state index contributed by atoms with van der Waals surface area (Å²) in [6.45, 7) is 10.3. The second kappa shape index (κ2) is 10.6. The van der Waals surface area contributed by atoms with Crippen LogP contribution in [0, 0.1) is 6.92 Å². The maximum atomic E-state index is 5.20. The van der Waals surface area contributed by atoms with Crippen LogP contribution in [0.3, 0.4) is 0 Å². The number of pyridine rings is 1. The molecular weight excluding hydrogens is 428 g/mol. The molecule has 35 heavy (non-hydrogen) atoms. The highest BCUT2D eigenvalue weighted by molar-refractivity contribution is 5.92. The van der Waals surface area contributed by atoms with Crippen molar-refractivity contribution in [2.75, 3.05) is 5.32 Å². The van der Waals surface area contributed by atoms with Crippen LogP contribution in [0.4, 0.5) is 5.82 Å². The molecule has 4 nitrogen and oxygen atoms in total. The maximum Gasteiger partial charge on any atom is 0.138 e. The Hall–Kier alpha value is -3.92. The highest BCUT2D eigenvalue weighted by Gasteiger charge is 2.40. The maximum absolute atomic E-state index is 5.20. The van der Waals surface area contributed by atoms with Gasteiger partial charge in [-0.05, 0) is 43.5 Å². The van der Waals surface area contributed by atoms with Crippen LogP contribution in [-0.2, 0) is 5.54 Å². The van der Waals surface area contributed by atoms with Gasteiger partial charge in [0.25, 0.3) is 0 Å². The molecule has 0 saturated heterocycles. The number of aromatic nitrogens is 3. The van der Waals surface area contributed by atoms with Gasteiger partial charge < -0.3 is 5.32 Å². The Bertz CT molecular complexity index is 1260. The van der Waals surface area contributed by atoms with Crippen molar-refractivity contribution < 1.29 is 0 Å². The summed E-state index contributed by atoms with van der Waals surface area (Å²) in [6, 6.07) is 34.3. The first-order valence-electron chi connectivity index (χ1n) is 12.4. The molecule has 0 aliphatic rings. The minimum absolute atomic E-state index is 0.271. The molecule has 0 bridgehead atoms. The van der Waals surface area contributed by atoms with Gasteiger partial charge >= 0.3 is 0 Å². The van der Waals surface area contributed by atoms with Crippen molar-refractivity contribution >= 4 is 16.7 Å². The zero-order valence-electron chi connectivity index (χ0n) is 21.2. The first-order chi connectivity index (χ1) is 17.1. The van der Waals surface area contributed by atoms with E-state index >= 15 is 0 Å². The summed E-state index contributed by atoms with van der Waals surface area (Å²) in [5.41, 5.74) is 4.81. The molecule has 3 aromatic carbocycles. The van der Waals surface area contributed by atoms with Gasteiger partial charge in [0.05, 0.1) is 16.6 Å². The van der Waals surface area contributed by atoms with Crippen molar-refractivity contribution in [3.8, 4) is 0 Å². The van der Waals surface area contributed by atoms with E-state index in [0.29, 0.717) is 0 Å². The third-order valence-corrected chi connectivity index (χ3v) is 6.09. The number of hydrogen-bond donors (Lipinski definition) is 1. The molecular formula is C31H34N4. The number of anilines is 1. The molecule has 1 N–H and O–H groups in total. The molecule has 0 aliphatic heterocycles. The first kappa shape index (κ1) is 24.2. The van der Waals surface area contributed by atoms with Crippen LogP contribution >= 0.6 is 0 Å². The highest BCUT2D eigenvalue weighted by atomic mass is 15.3. The van der Waals surface area contributed by atoms with Crippen molar-refractivity contribution in [1.82, 2.24) is 14.8 Å². The van der Waals surface area contributed by atoms with Crippen molar-refractivity contribution in [3.05, 3.63) is 126 Å². The van der Waals surface area contributed by atoms with Crippen molar-refractivity contribution in [2.24, 2.45) is 0 Å². The van der Waals surface area contributed by atoms with Gasteiger partial charge in [-0.1, -0.05) is 105 Å². The van der Waals surface area contributed by atoms with Crippen molar-refractivity contribution in [2.45, 2.75) is 46.2 Å². The van der Waals surface area contributed by atoms with Crippen LogP contribution in [0.2, 0.25) is 0 Å². The Morgan fingerprint density at radius 2 is 1.17 bits per heavy atom. The summed E-state index contributed by atoms with van der Waals surface area (Å²) in [6.07, 6.45) is 1.87. The van der Waals surface area contributed by atoms with Crippen molar-refractivity contribution in [3.63, 3.8) is 0 Å². The van der Waals surface area contributed by atoms with Gasteiger partial charge in [0.1, 0.15) is 11.4 Å². The molecule has 4 heteroatoms. The Balaban J connectivity index is 0.00000141. The third kappa shape index (κ3) is 4.32. The number of benzene rings is 3. The fourth-order valence-electron chi connectivity index (χ4n) is 4.78. The number of hydrogen-bond acceptors (Lipinski definition) is 3. The van der Waals surface area contributed by atoms with Gasteiger partial charge in [-0.15, -0.1) is 0 Å². The lowest BCUT2D eigenvalue weighted by Crippen LogP contribution is -2.38. The van der Waals surface area contributed by atoms with E-state index in [9.17, 15) is 0 Å². The molecule has 0 spiro atoms. The molecule has 2 heterocycles. The quantitative estimate of drug-likeness (QED) is 0.267. The first-order valence-corrected chi connectivity index (χ1v) is 12.4. The van der Waals surface area contributed by atoms with Crippen LogP contribution in [0.1, 0.15) is 50.1 Å². The van der Waals surface area contributed by atoms with E-state index < -0.39 is 5.54 Å². The molecule has 5 rings (SSSR count). The summed E-state index contributed by atoms with van der Waals surface area (Å²) in [4.78, 5) is 4.66. The predicted molar refractivity (Wildman–Crippen MR) is 147 cm³/mol. The van der Waals surface area contributed by atoms with E-state index in [1.54, 1.807) is 0 Å². The fraction of sp³-hybridized carbons (Fsp3) is 0.226. The Morgan fingerprint density at radius 3 is 1.60 bits per heavy atom. The number of aryl methyl sites for hydroxylation is 1. The lowest BCUT2D eigenvalue weighted by atomic mass is 9.77. The minimum Gasteiger partial charge on any atom is -0.367 e. The number of fused-ring (bicyclic) bond motifs is 1. The molecule has 0 unspecified atom stereocenters. The van der Waals surface area contributed by atoms with E-state index in [-0.39, 0.29) is 6.04 Å². The van der Waals surface area contributed by atoms with Crippen LogP contribution in [0.25, 0.3) is 10.9 Å². The Morgan fingerprint density at radius 1 is 0.714 bits per heavy atom. The van der Waals surface area contributed by atoms with Crippen LogP contribution in [0.5, 0.6) is 0 Å². The second-order valence-corrected chi connectivity index (χ2v) is 8.66. The summed E-state index contributed by atoms with van der Waals surface area (Å²) >= 11 is 0. The Labute approximate surface area is 208 Å². The number of nitrogens with zero attached hydrogens (tertiary/aromatic N) is 3. The van der Waals surface area contributed by atoms with E-state index in [2.05, 4.69) is 133 Å². The van der Waals surface area contributed by atoms with Crippen LogP contribution < -0.4 is 5.32 Å². The molecule has 0 fully saturated rings. The molecule has 0 atom stereocenters. The average Bonchev–Trinajstić information content (AvgIpc) is 3.25. The topological polar surface area (TPSA) is 42.7 Å². The molecule has 0 aliphatic carbocycles. The molecule has 178 valence electrons. The number of nitrogens with one attached hydrogen (secondary N) is 1. The smallest absolute Gasteiger partial charge is 0.138 e. The zero-order chi connectivity index (χ0) is 24.8. The fourth-order valence-corrected chi connectivity index (χ4v) is 4.78. The molecule has 5 aromatic rings. The SMILES string of the molecule is CC.Cc1nn(C(c2ccccc2)(c2ccccc2)c2ccccc2)c2ccnc(NC(C)C)c12. The lowest BCUT2D eigenvalue weighted by Gasteiger charge is -2.37. The predicted octanol–water partition coefficient (Wildman–Crippen LogP) is 7.43. The van der Waals surface area contributed by atoms with E-state index in [4.69, 9.17) is 5.10 Å². The van der Waals surface area contributed by atoms with Crippen molar-refractivity contribution in [1.29, 1.82) is 0 Å². The zero-order valence-corrected chi connectivity index (χ0v) is 21.2. The molecule has 0 amide bonds. The average molecular weight is 463 g/mol. The Kier molecular flexibility index (Phi) is 7.31. The van der Waals surface area contributed by atoms with Gasteiger partial charge in [-0.3, -0.25) is 0 Å². The van der Waals surface area contributed by atoms with Gasteiger partial charge in [0, 0.05) is 12.2 Å². The standard InChI is InChI=1S/C29H28N4.C2H6/c1-21(2)31-28-27-22(3)32-33(26(27)19-20-30-28)29(23-13-7-4-8-14-23,24-15-9-5-10-16-24)25-17-11-6-12-18-25;1-2/h4-21H,1-3H3,(H,30,31);1-2H3. The molecule has 0 radical (unpaired) electrons. The van der Waals surface area contributed by atoms with E-state index in [0.717, 1.165) is 39.1 Å². The normalized spacial score (nSPS) is 11.3. The minimum atomic E-state index is -0.646. The third-order valence-electron chi connectivity index (χ3n) is 6.09. The van der Waals surface area contributed by atoms with E-state index in [1.165, 1.54) is 0 Å². The largest absolute Gasteiger partial charge is 0.367 e. The lowest BCUT2D eigenvalue weighted by molar-refractivity contribution is 0.473. The summed E-state index contributed by atoms with van der Waals surface area (Å²) < 4.78 is 2.19. The van der Waals surface area contributed by atoms with E-state index in [1.807, 2.05) is 20.0 Å². The van der Waals surface area contributed by atoms with Gasteiger partial charge in [-0.25, -0.2) is 9.67 Å². The van der Waals surface area contributed by atoms with Crippen LogP contribution in [0.15, 0.2) is 103 Å².